The molecular weight excluding hydrogens is 450 g/mol. The molecule has 1 heterocycles. The van der Waals surface area contributed by atoms with E-state index >= 15 is 0 Å². The molecule has 0 spiro atoms. The van der Waals surface area contributed by atoms with E-state index in [1.54, 1.807) is 7.11 Å². The molecule has 2 aliphatic carbocycles. The van der Waals surface area contributed by atoms with Gasteiger partial charge in [0.05, 0.1) is 19.3 Å². The molecule has 3 aliphatic rings. The van der Waals surface area contributed by atoms with Crippen LogP contribution in [0.4, 0.5) is 0 Å². The molecule has 5 heteroatoms. The highest BCUT2D eigenvalue weighted by Crippen LogP contribution is 2.35. The van der Waals surface area contributed by atoms with Gasteiger partial charge < -0.3 is 24.7 Å². The van der Waals surface area contributed by atoms with E-state index in [0.29, 0.717) is 13.2 Å². The summed E-state index contributed by atoms with van der Waals surface area (Å²) in [6, 6.07) is 19.8. The fourth-order valence-electron chi connectivity index (χ4n) is 5.08. The number of hydrogen-bond acceptors (Lipinski definition) is 5. The number of ether oxygens (including phenoxy) is 4. The summed E-state index contributed by atoms with van der Waals surface area (Å²) < 4.78 is 25.1. The van der Waals surface area contributed by atoms with Crippen LogP contribution in [0.1, 0.15) is 36.8 Å². The Hall–Kier alpha value is -2.54. The van der Waals surface area contributed by atoms with Crippen molar-refractivity contribution in [3.8, 4) is 0 Å². The highest BCUT2D eigenvalue weighted by atomic mass is 16.7. The van der Waals surface area contributed by atoms with Crippen LogP contribution in [0.2, 0.25) is 0 Å². The first-order chi connectivity index (χ1) is 17.7. The van der Waals surface area contributed by atoms with Crippen molar-refractivity contribution in [2.24, 2.45) is 11.7 Å². The van der Waals surface area contributed by atoms with Crippen LogP contribution in [0, 0.1) is 5.92 Å². The second-order valence-electron chi connectivity index (χ2n) is 9.97. The van der Waals surface area contributed by atoms with Gasteiger partial charge in [-0.15, -0.1) is 0 Å². The second kappa shape index (κ2) is 12.1. The number of methoxy groups -OCH3 is 1. The molecule has 0 amide bonds. The quantitative estimate of drug-likeness (QED) is 0.482. The lowest BCUT2D eigenvalue weighted by molar-refractivity contribution is -0.262. The van der Waals surface area contributed by atoms with Crippen molar-refractivity contribution in [1.29, 1.82) is 0 Å². The van der Waals surface area contributed by atoms with Gasteiger partial charge in [-0.2, -0.15) is 0 Å². The lowest BCUT2D eigenvalue weighted by Crippen LogP contribution is -2.63. The predicted molar refractivity (Wildman–Crippen MR) is 141 cm³/mol. The fourth-order valence-corrected chi connectivity index (χ4v) is 5.08. The van der Waals surface area contributed by atoms with Crippen LogP contribution in [0.15, 0.2) is 96.1 Å². The van der Waals surface area contributed by atoms with Gasteiger partial charge in [0.1, 0.15) is 18.3 Å². The van der Waals surface area contributed by atoms with E-state index in [4.69, 9.17) is 24.7 Å². The molecule has 36 heavy (non-hydrogen) atoms. The summed E-state index contributed by atoms with van der Waals surface area (Å²) in [5, 5.41) is 0. The van der Waals surface area contributed by atoms with E-state index in [9.17, 15) is 0 Å². The Bertz CT molecular complexity index is 1060. The zero-order chi connectivity index (χ0) is 24.7. The molecule has 2 aromatic rings. The minimum Gasteiger partial charge on any atom is -0.369 e. The van der Waals surface area contributed by atoms with Crippen LogP contribution < -0.4 is 5.73 Å². The smallest absolute Gasteiger partial charge is 0.175 e. The molecule has 0 radical (unpaired) electrons. The van der Waals surface area contributed by atoms with Crippen molar-refractivity contribution in [3.63, 3.8) is 0 Å². The molecule has 5 rings (SSSR count). The van der Waals surface area contributed by atoms with Crippen molar-refractivity contribution < 1.29 is 18.9 Å². The topological polar surface area (TPSA) is 62.9 Å². The second-order valence-corrected chi connectivity index (χ2v) is 9.97. The van der Waals surface area contributed by atoms with Crippen molar-refractivity contribution in [1.82, 2.24) is 0 Å². The Balaban J connectivity index is 1.38. The first-order valence-corrected chi connectivity index (χ1v) is 13.1. The van der Waals surface area contributed by atoms with E-state index in [0.717, 1.165) is 29.0 Å². The molecule has 1 aliphatic heterocycles. The van der Waals surface area contributed by atoms with E-state index < -0.39 is 24.5 Å². The first kappa shape index (κ1) is 25.1. The molecule has 1 saturated carbocycles. The first-order valence-electron chi connectivity index (χ1n) is 13.1. The third-order valence-electron chi connectivity index (χ3n) is 7.44. The van der Waals surface area contributed by atoms with Gasteiger partial charge in [-0.3, -0.25) is 0 Å². The van der Waals surface area contributed by atoms with E-state index in [1.807, 2.05) is 36.4 Å². The molecule has 2 N–H and O–H groups in total. The molecule has 0 aromatic heterocycles. The fraction of sp³-hybridized carbons (Fsp3) is 0.419. The number of benzene rings is 2. The zero-order valence-corrected chi connectivity index (χ0v) is 21.0. The van der Waals surface area contributed by atoms with Crippen molar-refractivity contribution in [3.05, 3.63) is 107 Å². The average molecular weight is 488 g/mol. The maximum Gasteiger partial charge on any atom is 0.175 e. The van der Waals surface area contributed by atoms with Gasteiger partial charge in [-0.05, 0) is 40.7 Å². The summed E-state index contributed by atoms with van der Waals surface area (Å²) in [5.74, 6) is 0.836. The monoisotopic (exact) mass is 487 g/mol. The molecule has 1 saturated heterocycles. The van der Waals surface area contributed by atoms with Gasteiger partial charge in [0.2, 0.25) is 0 Å². The molecule has 5 atom stereocenters. The highest BCUT2D eigenvalue weighted by Gasteiger charge is 2.47. The van der Waals surface area contributed by atoms with E-state index in [-0.39, 0.29) is 6.10 Å². The molecule has 1 unspecified atom stereocenters. The maximum absolute atomic E-state index is 6.64. The molecule has 5 nitrogen and oxygen atoms in total. The van der Waals surface area contributed by atoms with Gasteiger partial charge in [-0.25, -0.2) is 0 Å². The summed E-state index contributed by atoms with van der Waals surface area (Å²) >= 11 is 0. The van der Waals surface area contributed by atoms with Crippen LogP contribution in [0.25, 0.3) is 0 Å². The van der Waals surface area contributed by atoms with Crippen molar-refractivity contribution in [2.45, 2.75) is 69.5 Å². The number of hydrogen-bond donors (Lipinski definition) is 1. The summed E-state index contributed by atoms with van der Waals surface area (Å²) in [6.45, 7) is 0.886. The minimum absolute atomic E-state index is 0.356. The van der Waals surface area contributed by atoms with E-state index in [1.165, 1.54) is 24.8 Å². The summed E-state index contributed by atoms with van der Waals surface area (Å²) in [5.41, 5.74) is 11.1. The number of allylic oxidation sites excluding steroid dienone is 4. The Morgan fingerprint density at radius 3 is 2.11 bits per heavy atom. The van der Waals surface area contributed by atoms with Crippen LogP contribution >= 0.6 is 0 Å². The Labute approximate surface area is 214 Å². The Morgan fingerprint density at radius 2 is 1.53 bits per heavy atom. The molecular formula is C31H37NO4. The standard InChI is InChI=1S/C31H37NO4/c1-33-31-27(32)29(34-20-24-9-4-2-5-10-24)30(35-21-25-11-6-3-7-12-25)28(36-31)26-18-17-23(19-26)16-15-22-13-8-14-22/h2-7,9-12,16-19,22,27-31H,8,13-15,20-21,32H2,1H3/b23-16-/t27-,28+,29+,30-,31?/m0/s1. The summed E-state index contributed by atoms with van der Waals surface area (Å²) in [7, 11) is 1.63. The van der Waals surface area contributed by atoms with Crippen LogP contribution in [-0.2, 0) is 32.2 Å². The van der Waals surface area contributed by atoms with Crippen LogP contribution in [0.5, 0.6) is 0 Å². The summed E-state index contributed by atoms with van der Waals surface area (Å²) in [4.78, 5) is 0. The van der Waals surface area contributed by atoms with Crippen LogP contribution in [0.3, 0.4) is 0 Å². The summed E-state index contributed by atoms with van der Waals surface area (Å²) in [6.07, 6.45) is 12.3. The maximum atomic E-state index is 6.64. The van der Waals surface area contributed by atoms with Crippen molar-refractivity contribution >= 4 is 0 Å². The molecule has 190 valence electrons. The number of rotatable bonds is 10. The molecule has 2 aromatic carbocycles. The third-order valence-corrected chi connectivity index (χ3v) is 7.44. The highest BCUT2D eigenvalue weighted by molar-refractivity contribution is 5.48. The number of nitrogens with two attached hydrogens (primary N) is 1. The molecule has 2 fully saturated rings. The van der Waals surface area contributed by atoms with Crippen LogP contribution in [-0.4, -0.2) is 37.8 Å². The Morgan fingerprint density at radius 1 is 0.889 bits per heavy atom. The van der Waals surface area contributed by atoms with Gasteiger partial charge >= 0.3 is 0 Å². The van der Waals surface area contributed by atoms with Gasteiger partial charge in [0, 0.05) is 7.11 Å². The van der Waals surface area contributed by atoms with Gasteiger partial charge in [0.15, 0.2) is 6.29 Å². The lowest BCUT2D eigenvalue weighted by atomic mass is 9.82. The average Bonchev–Trinajstić information content (AvgIpc) is 3.36. The van der Waals surface area contributed by atoms with E-state index in [2.05, 4.69) is 48.6 Å². The zero-order valence-electron chi connectivity index (χ0n) is 21.0. The Kier molecular flexibility index (Phi) is 8.47. The van der Waals surface area contributed by atoms with Gasteiger partial charge in [0.25, 0.3) is 0 Å². The van der Waals surface area contributed by atoms with Crippen molar-refractivity contribution in [2.75, 3.05) is 7.11 Å². The largest absolute Gasteiger partial charge is 0.369 e. The normalized spacial score (nSPS) is 29.3. The lowest BCUT2D eigenvalue weighted by Gasteiger charge is -2.45. The molecule has 0 bridgehead atoms. The minimum atomic E-state index is -0.593. The SMILES string of the molecule is COC1O[C@H](C2=C/C(=C\CC3CCC3)C=C2)[C@H](OCc2ccccc2)[C@H](OCc2ccccc2)[C@@H]1N. The third kappa shape index (κ3) is 6.05. The van der Waals surface area contributed by atoms with Gasteiger partial charge in [-0.1, -0.05) is 98.2 Å². The predicted octanol–water partition coefficient (Wildman–Crippen LogP) is 5.47.